The smallest absolute Gasteiger partial charge is 0.217 e. The van der Waals surface area contributed by atoms with Gasteiger partial charge in [0.25, 0.3) is 0 Å². The van der Waals surface area contributed by atoms with E-state index in [1.54, 1.807) is 0 Å². The lowest BCUT2D eigenvalue weighted by atomic mass is 9.77. The van der Waals surface area contributed by atoms with Crippen LogP contribution in [0.1, 0.15) is 19.3 Å². The lowest BCUT2D eigenvalue weighted by Gasteiger charge is -2.44. The number of primary amides is 1. The van der Waals surface area contributed by atoms with Gasteiger partial charge in [-0.3, -0.25) is 4.79 Å². The van der Waals surface area contributed by atoms with Gasteiger partial charge < -0.3 is 10.6 Å². The van der Waals surface area contributed by atoms with Crippen molar-refractivity contribution in [2.75, 3.05) is 19.6 Å². The summed E-state index contributed by atoms with van der Waals surface area (Å²) in [6, 6.07) is 0. The summed E-state index contributed by atoms with van der Waals surface area (Å²) in [4.78, 5) is 13.2. The summed E-state index contributed by atoms with van der Waals surface area (Å²) < 4.78 is 0. The topological polar surface area (TPSA) is 46.3 Å². The highest BCUT2D eigenvalue weighted by Crippen LogP contribution is 2.33. The quantitative estimate of drug-likeness (QED) is 0.640. The van der Waals surface area contributed by atoms with E-state index in [2.05, 4.69) is 4.90 Å². The highest BCUT2D eigenvalue weighted by molar-refractivity contribution is 5.74. The Labute approximate surface area is 72.9 Å². The third-order valence-corrected chi connectivity index (χ3v) is 3.25. The van der Waals surface area contributed by atoms with E-state index in [1.165, 1.54) is 25.9 Å². The van der Waals surface area contributed by atoms with Crippen molar-refractivity contribution in [1.82, 2.24) is 4.90 Å². The van der Waals surface area contributed by atoms with E-state index in [0.717, 1.165) is 12.5 Å². The van der Waals surface area contributed by atoms with E-state index in [9.17, 15) is 4.79 Å². The van der Waals surface area contributed by atoms with Crippen LogP contribution < -0.4 is 5.73 Å². The van der Waals surface area contributed by atoms with Crippen molar-refractivity contribution in [2.45, 2.75) is 19.3 Å². The summed E-state index contributed by atoms with van der Waals surface area (Å²) in [5, 5.41) is 0. The molecule has 2 N–H and O–H groups in total. The summed E-state index contributed by atoms with van der Waals surface area (Å²) in [7, 11) is 0. The summed E-state index contributed by atoms with van der Waals surface area (Å²) in [6.45, 7) is 3.58. The zero-order valence-corrected chi connectivity index (χ0v) is 7.33. The summed E-state index contributed by atoms with van der Waals surface area (Å²) in [5.74, 6) is 1.21. The molecule has 0 aromatic heterocycles. The number of carbonyl (C=O) groups excluding carboxylic acids is 1. The Morgan fingerprint density at radius 2 is 2.08 bits per heavy atom. The van der Waals surface area contributed by atoms with Crippen LogP contribution in [0.3, 0.4) is 0 Å². The Morgan fingerprint density at radius 1 is 1.42 bits per heavy atom. The first-order valence-electron chi connectivity index (χ1n) is 4.76. The SMILES string of the molecule is NC(=O)CC1CN2CCC1CC2. The molecular formula is C9H16N2O. The average molecular weight is 168 g/mol. The molecule has 3 heteroatoms. The van der Waals surface area contributed by atoms with Crippen molar-refractivity contribution >= 4 is 5.91 Å². The van der Waals surface area contributed by atoms with Gasteiger partial charge in [-0.25, -0.2) is 0 Å². The molecule has 0 aromatic rings. The molecule has 3 heterocycles. The third kappa shape index (κ3) is 1.46. The number of rotatable bonds is 2. The molecule has 0 spiro atoms. The van der Waals surface area contributed by atoms with E-state index in [0.29, 0.717) is 12.3 Å². The van der Waals surface area contributed by atoms with E-state index in [1.807, 2.05) is 0 Å². The van der Waals surface area contributed by atoms with Gasteiger partial charge in [-0.2, -0.15) is 0 Å². The number of fused-ring (bicyclic) bond motifs is 3. The van der Waals surface area contributed by atoms with E-state index >= 15 is 0 Å². The van der Waals surface area contributed by atoms with Crippen molar-refractivity contribution in [3.63, 3.8) is 0 Å². The minimum Gasteiger partial charge on any atom is -0.370 e. The van der Waals surface area contributed by atoms with Crippen LogP contribution in [0, 0.1) is 11.8 Å². The van der Waals surface area contributed by atoms with E-state index in [4.69, 9.17) is 5.73 Å². The first kappa shape index (κ1) is 8.05. The fourth-order valence-electron chi connectivity index (χ4n) is 2.58. The van der Waals surface area contributed by atoms with Crippen LogP contribution in [0.2, 0.25) is 0 Å². The Kier molecular flexibility index (Phi) is 2.05. The molecular weight excluding hydrogens is 152 g/mol. The summed E-state index contributed by atoms with van der Waals surface area (Å²) in [6.07, 6.45) is 3.15. The average Bonchev–Trinajstić information content (AvgIpc) is 2.05. The maximum absolute atomic E-state index is 10.7. The molecule has 3 aliphatic heterocycles. The number of carbonyl (C=O) groups is 1. The Bertz CT molecular complexity index is 185. The predicted octanol–water partition coefficient (Wildman–Crippen LogP) is 0.204. The second kappa shape index (κ2) is 3.05. The molecule has 3 aliphatic rings. The fraction of sp³-hybridized carbons (Fsp3) is 0.889. The highest BCUT2D eigenvalue weighted by Gasteiger charge is 2.34. The van der Waals surface area contributed by atoms with Gasteiger partial charge in [0, 0.05) is 13.0 Å². The minimum atomic E-state index is -0.131. The molecule has 3 rings (SSSR count). The maximum Gasteiger partial charge on any atom is 0.217 e. The van der Waals surface area contributed by atoms with Gasteiger partial charge in [0.2, 0.25) is 5.91 Å². The summed E-state index contributed by atoms with van der Waals surface area (Å²) in [5.41, 5.74) is 5.20. The largest absolute Gasteiger partial charge is 0.370 e. The first-order chi connectivity index (χ1) is 5.75. The second-order valence-electron chi connectivity index (χ2n) is 4.07. The van der Waals surface area contributed by atoms with Crippen LogP contribution >= 0.6 is 0 Å². The fourth-order valence-corrected chi connectivity index (χ4v) is 2.58. The van der Waals surface area contributed by atoms with Gasteiger partial charge in [0.1, 0.15) is 0 Å². The van der Waals surface area contributed by atoms with Crippen LogP contribution in [0.5, 0.6) is 0 Å². The van der Waals surface area contributed by atoms with Crippen LogP contribution in [0.25, 0.3) is 0 Å². The van der Waals surface area contributed by atoms with Gasteiger partial charge in [-0.1, -0.05) is 0 Å². The van der Waals surface area contributed by atoms with Gasteiger partial charge >= 0.3 is 0 Å². The Balaban J connectivity index is 1.95. The maximum atomic E-state index is 10.7. The van der Waals surface area contributed by atoms with E-state index < -0.39 is 0 Å². The normalized spacial score (nSPS) is 39.8. The number of nitrogens with two attached hydrogens (primary N) is 1. The predicted molar refractivity (Wildman–Crippen MR) is 46.5 cm³/mol. The number of nitrogens with zero attached hydrogens (tertiary/aromatic N) is 1. The zero-order chi connectivity index (χ0) is 8.55. The molecule has 1 unspecified atom stereocenters. The van der Waals surface area contributed by atoms with Crippen LogP contribution in [0.15, 0.2) is 0 Å². The molecule has 12 heavy (non-hydrogen) atoms. The van der Waals surface area contributed by atoms with Crippen LogP contribution in [-0.2, 0) is 4.79 Å². The number of hydrogen-bond donors (Lipinski definition) is 1. The molecule has 3 saturated heterocycles. The van der Waals surface area contributed by atoms with Crippen LogP contribution in [0.4, 0.5) is 0 Å². The number of hydrogen-bond acceptors (Lipinski definition) is 2. The zero-order valence-electron chi connectivity index (χ0n) is 7.33. The summed E-state index contributed by atoms with van der Waals surface area (Å²) >= 11 is 0. The molecule has 0 aliphatic carbocycles. The number of piperidine rings is 3. The van der Waals surface area contributed by atoms with Crippen molar-refractivity contribution < 1.29 is 4.79 Å². The monoisotopic (exact) mass is 168 g/mol. The molecule has 1 atom stereocenters. The van der Waals surface area contributed by atoms with Crippen molar-refractivity contribution in [2.24, 2.45) is 17.6 Å². The van der Waals surface area contributed by atoms with Gasteiger partial charge in [-0.05, 0) is 37.8 Å². The van der Waals surface area contributed by atoms with Crippen molar-refractivity contribution in [3.8, 4) is 0 Å². The molecule has 0 saturated carbocycles. The molecule has 1 amide bonds. The van der Waals surface area contributed by atoms with Crippen molar-refractivity contribution in [3.05, 3.63) is 0 Å². The van der Waals surface area contributed by atoms with Gasteiger partial charge in [0.15, 0.2) is 0 Å². The lowest BCUT2D eigenvalue weighted by molar-refractivity contribution is -0.120. The van der Waals surface area contributed by atoms with Crippen molar-refractivity contribution in [1.29, 1.82) is 0 Å². The van der Waals surface area contributed by atoms with E-state index in [-0.39, 0.29) is 5.91 Å². The molecule has 0 radical (unpaired) electrons. The molecule has 2 bridgehead atoms. The lowest BCUT2D eigenvalue weighted by Crippen LogP contribution is -2.48. The molecule has 68 valence electrons. The Morgan fingerprint density at radius 3 is 2.50 bits per heavy atom. The standard InChI is InChI=1S/C9H16N2O/c10-9(12)5-8-6-11-3-1-7(8)2-4-11/h7-8H,1-6H2,(H2,10,12). The molecule has 3 nitrogen and oxygen atoms in total. The van der Waals surface area contributed by atoms with Gasteiger partial charge in [0.05, 0.1) is 0 Å². The minimum absolute atomic E-state index is 0.131. The van der Waals surface area contributed by atoms with Crippen LogP contribution in [-0.4, -0.2) is 30.4 Å². The van der Waals surface area contributed by atoms with Gasteiger partial charge in [-0.15, -0.1) is 0 Å². The molecule has 0 aromatic carbocycles. The first-order valence-corrected chi connectivity index (χ1v) is 4.76. The number of amides is 1. The molecule has 3 fully saturated rings. The third-order valence-electron chi connectivity index (χ3n) is 3.25. The second-order valence-corrected chi connectivity index (χ2v) is 4.07. The Hall–Kier alpha value is -0.570. The highest BCUT2D eigenvalue weighted by atomic mass is 16.1.